The molecule has 0 bridgehead atoms. The molecule has 1 N–H and O–H groups in total. The quantitative estimate of drug-likeness (QED) is 0.495. The maximum Gasteiger partial charge on any atom is 0.233 e. The smallest absolute Gasteiger partial charge is 0.233 e. The van der Waals surface area contributed by atoms with Crippen molar-refractivity contribution in [1.29, 1.82) is 0 Å². The molecule has 2 aromatic rings. The van der Waals surface area contributed by atoms with Gasteiger partial charge in [0, 0.05) is 16.5 Å². The second kappa shape index (κ2) is 10.4. The van der Waals surface area contributed by atoms with Crippen molar-refractivity contribution in [2.24, 2.45) is 0 Å². The monoisotopic (exact) mass is 377 g/mol. The highest BCUT2D eigenvalue weighted by Crippen LogP contribution is 2.26. The Hall–Kier alpha value is -1.65. The van der Waals surface area contributed by atoms with Gasteiger partial charge in [0.15, 0.2) is 0 Å². The summed E-state index contributed by atoms with van der Waals surface area (Å²) in [5, 5.41) is 3.66. The lowest BCUT2D eigenvalue weighted by atomic mass is 10.1. The number of para-hydroxylation sites is 1. The molecule has 0 aromatic heterocycles. The molecule has 0 unspecified atom stereocenters. The third-order valence-electron chi connectivity index (χ3n) is 3.87. The normalized spacial score (nSPS) is 11.8. The van der Waals surface area contributed by atoms with Crippen molar-refractivity contribution < 1.29 is 9.53 Å². The zero-order valence-electron chi connectivity index (χ0n) is 14.6. The van der Waals surface area contributed by atoms with E-state index in [1.807, 2.05) is 49.4 Å². The number of amides is 1. The van der Waals surface area contributed by atoms with Crippen LogP contribution in [0.5, 0.6) is 5.75 Å². The molecule has 0 saturated carbocycles. The van der Waals surface area contributed by atoms with E-state index in [4.69, 9.17) is 16.3 Å². The maximum atomic E-state index is 12.4. The number of hydrogen-bond acceptors (Lipinski definition) is 3. The van der Waals surface area contributed by atoms with E-state index in [0.717, 1.165) is 29.9 Å². The molecular weight excluding hydrogens is 354 g/mol. The van der Waals surface area contributed by atoms with Gasteiger partial charge in [-0.15, -0.1) is 11.8 Å². The van der Waals surface area contributed by atoms with Crippen LogP contribution in [0, 0.1) is 0 Å². The number of ether oxygens (including phenoxy) is 1. The summed E-state index contributed by atoms with van der Waals surface area (Å²) in [6.45, 7) is 2.69. The number of methoxy groups -OCH3 is 1. The molecule has 2 aromatic carbocycles. The maximum absolute atomic E-state index is 12.4. The summed E-state index contributed by atoms with van der Waals surface area (Å²) >= 11 is 7.48. The van der Waals surface area contributed by atoms with E-state index in [-0.39, 0.29) is 11.2 Å². The van der Waals surface area contributed by atoms with Crippen LogP contribution in [-0.4, -0.2) is 24.8 Å². The number of aryl methyl sites for hydroxylation is 1. The average Bonchev–Trinajstić information content (AvgIpc) is 2.64. The first kappa shape index (κ1) is 19.7. The number of carbonyl (C=O) groups excluding carboxylic acids is 1. The minimum absolute atomic E-state index is 0.0856. The van der Waals surface area contributed by atoms with Gasteiger partial charge in [-0.2, -0.15) is 0 Å². The highest BCUT2D eigenvalue weighted by molar-refractivity contribution is 8.00. The zero-order chi connectivity index (χ0) is 18.1. The topological polar surface area (TPSA) is 38.3 Å². The molecule has 0 aliphatic heterocycles. The predicted molar refractivity (Wildman–Crippen MR) is 106 cm³/mol. The highest BCUT2D eigenvalue weighted by atomic mass is 35.5. The van der Waals surface area contributed by atoms with Crippen LogP contribution >= 0.6 is 23.4 Å². The summed E-state index contributed by atoms with van der Waals surface area (Å²) in [6, 6.07) is 15.6. The molecule has 0 saturated heterocycles. The van der Waals surface area contributed by atoms with Gasteiger partial charge in [-0.05, 0) is 55.2 Å². The van der Waals surface area contributed by atoms with Crippen LogP contribution < -0.4 is 10.1 Å². The first-order valence-electron chi connectivity index (χ1n) is 8.46. The van der Waals surface area contributed by atoms with Crippen molar-refractivity contribution in [3.8, 4) is 5.75 Å². The second-order valence-corrected chi connectivity index (χ2v) is 7.39. The zero-order valence-corrected chi connectivity index (χ0v) is 16.2. The summed E-state index contributed by atoms with van der Waals surface area (Å²) in [6.07, 6.45) is 2.55. The largest absolute Gasteiger partial charge is 0.496 e. The molecule has 2 rings (SSSR count). The fraction of sp³-hybridized carbons (Fsp3) is 0.350. The summed E-state index contributed by atoms with van der Waals surface area (Å²) in [5.41, 5.74) is 1.17. The Balaban J connectivity index is 1.78. The van der Waals surface area contributed by atoms with Crippen LogP contribution in [0.2, 0.25) is 5.02 Å². The lowest BCUT2D eigenvalue weighted by molar-refractivity contribution is -0.120. The van der Waals surface area contributed by atoms with Gasteiger partial charge in [0.05, 0.1) is 12.4 Å². The van der Waals surface area contributed by atoms with E-state index < -0.39 is 0 Å². The van der Waals surface area contributed by atoms with Crippen LogP contribution in [0.15, 0.2) is 53.4 Å². The standard InChI is InChI=1S/C20H24ClNO2S/c1-3-19(25-17-12-10-16(21)11-13-17)20(23)22-14-6-8-15-7-4-5-9-18(15)24-2/h4-5,7,9-13,19H,3,6,8,14H2,1-2H3,(H,22,23)/t19-/m1/s1. The van der Waals surface area contributed by atoms with E-state index >= 15 is 0 Å². The number of nitrogens with one attached hydrogen (secondary N) is 1. The Bertz CT molecular complexity index is 676. The summed E-state index contributed by atoms with van der Waals surface area (Å²) in [7, 11) is 1.68. The molecule has 3 nitrogen and oxygen atoms in total. The SMILES string of the molecule is CC[C@@H](Sc1ccc(Cl)cc1)C(=O)NCCCc1ccccc1OC. The fourth-order valence-corrected chi connectivity index (χ4v) is 3.62. The van der Waals surface area contributed by atoms with E-state index in [2.05, 4.69) is 11.4 Å². The molecule has 0 fully saturated rings. The molecule has 0 radical (unpaired) electrons. The van der Waals surface area contributed by atoms with Gasteiger partial charge < -0.3 is 10.1 Å². The molecule has 0 aliphatic carbocycles. The molecule has 134 valence electrons. The van der Waals surface area contributed by atoms with Crippen LogP contribution in [0.3, 0.4) is 0 Å². The number of thioether (sulfide) groups is 1. The molecule has 0 heterocycles. The third-order valence-corrected chi connectivity index (χ3v) is 5.50. The number of hydrogen-bond donors (Lipinski definition) is 1. The van der Waals surface area contributed by atoms with Crippen molar-refractivity contribution in [2.75, 3.05) is 13.7 Å². The van der Waals surface area contributed by atoms with Gasteiger partial charge >= 0.3 is 0 Å². The Morgan fingerprint density at radius 3 is 2.60 bits per heavy atom. The van der Waals surface area contributed by atoms with Crippen molar-refractivity contribution >= 4 is 29.3 Å². The molecule has 1 atom stereocenters. The van der Waals surface area contributed by atoms with E-state index in [1.54, 1.807) is 18.9 Å². The Morgan fingerprint density at radius 1 is 1.20 bits per heavy atom. The third kappa shape index (κ3) is 6.29. The second-order valence-electron chi connectivity index (χ2n) is 5.68. The van der Waals surface area contributed by atoms with Crippen molar-refractivity contribution in [2.45, 2.75) is 36.3 Å². The van der Waals surface area contributed by atoms with Crippen LogP contribution in [-0.2, 0) is 11.2 Å². The minimum atomic E-state index is -0.0903. The first-order valence-corrected chi connectivity index (χ1v) is 9.71. The van der Waals surface area contributed by atoms with E-state index in [1.165, 1.54) is 5.56 Å². The van der Waals surface area contributed by atoms with E-state index in [9.17, 15) is 4.79 Å². The molecule has 25 heavy (non-hydrogen) atoms. The van der Waals surface area contributed by atoms with Gasteiger partial charge in [-0.25, -0.2) is 0 Å². The molecule has 0 spiro atoms. The van der Waals surface area contributed by atoms with Gasteiger partial charge in [0.25, 0.3) is 0 Å². The highest BCUT2D eigenvalue weighted by Gasteiger charge is 2.17. The van der Waals surface area contributed by atoms with Crippen LogP contribution in [0.1, 0.15) is 25.3 Å². The number of benzene rings is 2. The average molecular weight is 378 g/mol. The molecular formula is C20H24ClNO2S. The van der Waals surface area contributed by atoms with E-state index in [0.29, 0.717) is 11.6 Å². The van der Waals surface area contributed by atoms with Crippen LogP contribution in [0.25, 0.3) is 0 Å². The summed E-state index contributed by atoms with van der Waals surface area (Å²) in [4.78, 5) is 13.5. The first-order chi connectivity index (χ1) is 12.1. The molecule has 0 aliphatic rings. The van der Waals surface area contributed by atoms with Gasteiger partial charge in [0.2, 0.25) is 5.91 Å². The van der Waals surface area contributed by atoms with Gasteiger partial charge in [0.1, 0.15) is 5.75 Å². The number of halogens is 1. The number of carbonyl (C=O) groups is 1. The lowest BCUT2D eigenvalue weighted by Gasteiger charge is -2.15. The number of rotatable bonds is 9. The minimum Gasteiger partial charge on any atom is -0.496 e. The summed E-state index contributed by atoms with van der Waals surface area (Å²) in [5.74, 6) is 0.987. The van der Waals surface area contributed by atoms with Crippen molar-refractivity contribution in [3.63, 3.8) is 0 Å². The van der Waals surface area contributed by atoms with Gasteiger partial charge in [-0.1, -0.05) is 36.7 Å². The Kier molecular flexibility index (Phi) is 8.16. The Labute approximate surface area is 159 Å². The van der Waals surface area contributed by atoms with Crippen molar-refractivity contribution in [3.05, 3.63) is 59.1 Å². The lowest BCUT2D eigenvalue weighted by Crippen LogP contribution is -2.33. The summed E-state index contributed by atoms with van der Waals surface area (Å²) < 4.78 is 5.35. The van der Waals surface area contributed by atoms with Crippen molar-refractivity contribution in [1.82, 2.24) is 5.32 Å². The fourth-order valence-electron chi connectivity index (χ4n) is 2.51. The predicted octanol–water partition coefficient (Wildman–Crippen LogP) is 4.97. The van der Waals surface area contributed by atoms with Gasteiger partial charge in [-0.3, -0.25) is 4.79 Å². The Morgan fingerprint density at radius 2 is 1.92 bits per heavy atom. The molecule has 5 heteroatoms. The molecule has 1 amide bonds. The van der Waals surface area contributed by atoms with Crippen LogP contribution in [0.4, 0.5) is 0 Å².